The van der Waals surface area contributed by atoms with Crippen molar-refractivity contribution in [2.45, 2.75) is 51.6 Å². The summed E-state index contributed by atoms with van der Waals surface area (Å²) in [6.45, 7) is 6.01. The van der Waals surface area contributed by atoms with Crippen molar-refractivity contribution in [3.05, 3.63) is 0 Å². The summed E-state index contributed by atoms with van der Waals surface area (Å²) < 4.78 is 0. The Morgan fingerprint density at radius 2 is 2.00 bits per heavy atom. The molecule has 5 heteroatoms. The number of hydrogen-bond donors (Lipinski definition) is 2. The zero-order chi connectivity index (χ0) is 13.2. The maximum atomic E-state index is 12.3. The first-order chi connectivity index (χ1) is 7.79. The Hall–Kier alpha value is -1.10. The van der Waals surface area contributed by atoms with Crippen LogP contribution in [0.5, 0.6) is 0 Å². The standard InChI is InChI=1S/C12H23N3O2/c1-4-12(3,14)11(17)15-7-9(10(13)16)6-5-8(15)2/h8-9H,4-7,14H2,1-3H3,(H2,13,16). The molecule has 0 aliphatic carbocycles. The molecule has 98 valence electrons. The number of hydrogen-bond acceptors (Lipinski definition) is 3. The molecule has 0 aromatic rings. The van der Waals surface area contributed by atoms with E-state index in [4.69, 9.17) is 11.5 Å². The van der Waals surface area contributed by atoms with E-state index in [1.54, 1.807) is 11.8 Å². The summed E-state index contributed by atoms with van der Waals surface area (Å²) >= 11 is 0. The predicted octanol–water partition coefficient (Wildman–Crippen LogP) is 0.226. The van der Waals surface area contributed by atoms with E-state index in [1.807, 2.05) is 13.8 Å². The fourth-order valence-electron chi connectivity index (χ4n) is 2.10. The maximum absolute atomic E-state index is 12.3. The molecule has 1 saturated heterocycles. The smallest absolute Gasteiger partial charge is 0.242 e. The molecule has 1 rings (SSSR count). The third-order valence-corrected chi connectivity index (χ3v) is 3.77. The number of primary amides is 1. The van der Waals surface area contributed by atoms with E-state index in [-0.39, 0.29) is 23.8 Å². The highest BCUT2D eigenvalue weighted by atomic mass is 16.2. The molecule has 1 aliphatic heterocycles. The molecule has 1 fully saturated rings. The first kappa shape index (κ1) is 14.0. The molecule has 0 radical (unpaired) electrons. The summed E-state index contributed by atoms with van der Waals surface area (Å²) in [4.78, 5) is 25.2. The molecule has 2 amide bonds. The molecule has 3 unspecified atom stereocenters. The van der Waals surface area contributed by atoms with Gasteiger partial charge < -0.3 is 16.4 Å². The Morgan fingerprint density at radius 1 is 1.41 bits per heavy atom. The molecule has 0 spiro atoms. The second kappa shape index (κ2) is 5.04. The number of nitrogens with two attached hydrogens (primary N) is 2. The van der Waals surface area contributed by atoms with Crippen LogP contribution >= 0.6 is 0 Å². The number of nitrogens with zero attached hydrogens (tertiary/aromatic N) is 1. The van der Waals surface area contributed by atoms with Gasteiger partial charge in [0.05, 0.1) is 11.5 Å². The molecule has 3 atom stereocenters. The number of carbonyl (C=O) groups is 2. The number of amides is 2. The van der Waals surface area contributed by atoms with Crippen LogP contribution in [0.25, 0.3) is 0 Å². The zero-order valence-corrected chi connectivity index (χ0v) is 10.9. The molecule has 0 saturated carbocycles. The number of piperidine rings is 1. The highest BCUT2D eigenvalue weighted by molar-refractivity contribution is 5.87. The Bertz CT molecular complexity index is 315. The van der Waals surface area contributed by atoms with Crippen LogP contribution in [0.2, 0.25) is 0 Å². The Labute approximate surface area is 103 Å². The van der Waals surface area contributed by atoms with E-state index in [9.17, 15) is 9.59 Å². The van der Waals surface area contributed by atoms with Gasteiger partial charge in [0.2, 0.25) is 11.8 Å². The molecule has 1 aliphatic rings. The van der Waals surface area contributed by atoms with Crippen molar-refractivity contribution in [3.8, 4) is 0 Å². The van der Waals surface area contributed by atoms with Crippen LogP contribution in [0.15, 0.2) is 0 Å². The van der Waals surface area contributed by atoms with Gasteiger partial charge in [0.25, 0.3) is 0 Å². The Balaban J connectivity index is 2.80. The van der Waals surface area contributed by atoms with E-state index in [2.05, 4.69) is 0 Å². The van der Waals surface area contributed by atoms with E-state index >= 15 is 0 Å². The molecule has 1 heterocycles. The largest absolute Gasteiger partial charge is 0.369 e. The molecule has 0 aromatic heterocycles. The lowest BCUT2D eigenvalue weighted by Gasteiger charge is -2.40. The average molecular weight is 241 g/mol. The van der Waals surface area contributed by atoms with Gasteiger partial charge in [0.15, 0.2) is 0 Å². The van der Waals surface area contributed by atoms with Gasteiger partial charge >= 0.3 is 0 Å². The van der Waals surface area contributed by atoms with Crippen LogP contribution < -0.4 is 11.5 Å². The lowest BCUT2D eigenvalue weighted by atomic mass is 9.89. The molecule has 17 heavy (non-hydrogen) atoms. The molecular formula is C12H23N3O2. The van der Waals surface area contributed by atoms with Gasteiger partial charge in [-0.15, -0.1) is 0 Å². The zero-order valence-electron chi connectivity index (χ0n) is 10.9. The van der Waals surface area contributed by atoms with Crippen molar-refractivity contribution < 1.29 is 9.59 Å². The van der Waals surface area contributed by atoms with Crippen LogP contribution in [-0.2, 0) is 9.59 Å². The summed E-state index contributed by atoms with van der Waals surface area (Å²) in [6, 6.07) is 0.132. The van der Waals surface area contributed by atoms with Crippen LogP contribution in [-0.4, -0.2) is 34.8 Å². The normalized spacial score (nSPS) is 28.6. The molecule has 4 N–H and O–H groups in total. The molecule has 5 nitrogen and oxygen atoms in total. The second-order valence-corrected chi connectivity index (χ2v) is 5.25. The van der Waals surface area contributed by atoms with Gasteiger partial charge in [-0.2, -0.15) is 0 Å². The minimum atomic E-state index is -0.853. The highest BCUT2D eigenvalue weighted by Crippen LogP contribution is 2.24. The summed E-state index contributed by atoms with van der Waals surface area (Å²) in [5.74, 6) is -0.647. The summed E-state index contributed by atoms with van der Waals surface area (Å²) in [6.07, 6.45) is 2.14. The Morgan fingerprint density at radius 3 is 2.47 bits per heavy atom. The minimum Gasteiger partial charge on any atom is -0.369 e. The van der Waals surface area contributed by atoms with Gasteiger partial charge in [-0.05, 0) is 33.1 Å². The van der Waals surface area contributed by atoms with Crippen molar-refractivity contribution in [1.29, 1.82) is 0 Å². The maximum Gasteiger partial charge on any atom is 0.242 e. The van der Waals surface area contributed by atoms with Crippen molar-refractivity contribution >= 4 is 11.8 Å². The van der Waals surface area contributed by atoms with Crippen molar-refractivity contribution in [2.75, 3.05) is 6.54 Å². The molecule has 0 bridgehead atoms. The third-order valence-electron chi connectivity index (χ3n) is 3.77. The van der Waals surface area contributed by atoms with Gasteiger partial charge in [-0.1, -0.05) is 6.92 Å². The molecular weight excluding hydrogens is 218 g/mol. The lowest BCUT2D eigenvalue weighted by Crippen LogP contribution is -2.58. The van der Waals surface area contributed by atoms with Crippen molar-refractivity contribution in [2.24, 2.45) is 17.4 Å². The van der Waals surface area contributed by atoms with Gasteiger partial charge in [-0.25, -0.2) is 0 Å². The van der Waals surface area contributed by atoms with Crippen LogP contribution in [0.3, 0.4) is 0 Å². The number of likely N-dealkylation sites (tertiary alicyclic amines) is 1. The van der Waals surface area contributed by atoms with Crippen molar-refractivity contribution in [3.63, 3.8) is 0 Å². The van der Waals surface area contributed by atoms with E-state index in [0.29, 0.717) is 13.0 Å². The lowest BCUT2D eigenvalue weighted by molar-refractivity contribution is -0.142. The quantitative estimate of drug-likeness (QED) is 0.741. The van der Waals surface area contributed by atoms with E-state index < -0.39 is 5.54 Å². The second-order valence-electron chi connectivity index (χ2n) is 5.25. The topological polar surface area (TPSA) is 89.4 Å². The highest BCUT2D eigenvalue weighted by Gasteiger charge is 2.37. The van der Waals surface area contributed by atoms with E-state index in [0.717, 1.165) is 12.8 Å². The fraction of sp³-hybridized carbons (Fsp3) is 0.833. The van der Waals surface area contributed by atoms with Gasteiger partial charge in [0.1, 0.15) is 0 Å². The number of rotatable bonds is 3. The average Bonchev–Trinajstić information content (AvgIpc) is 2.28. The summed E-state index contributed by atoms with van der Waals surface area (Å²) in [7, 11) is 0. The van der Waals surface area contributed by atoms with Gasteiger partial charge in [0, 0.05) is 12.6 Å². The van der Waals surface area contributed by atoms with Crippen molar-refractivity contribution in [1.82, 2.24) is 4.90 Å². The minimum absolute atomic E-state index is 0.0848. The first-order valence-electron chi connectivity index (χ1n) is 6.19. The Kier molecular flexibility index (Phi) is 4.14. The molecule has 0 aromatic carbocycles. The van der Waals surface area contributed by atoms with Crippen LogP contribution in [0, 0.1) is 5.92 Å². The monoisotopic (exact) mass is 241 g/mol. The van der Waals surface area contributed by atoms with E-state index in [1.165, 1.54) is 0 Å². The first-order valence-corrected chi connectivity index (χ1v) is 6.19. The van der Waals surface area contributed by atoms with Gasteiger partial charge in [-0.3, -0.25) is 9.59 Å². The summed E-state index contributed by atoms with van der Waals surface area (Å²) in [5, 5.41) is 0. The number of carbonyl (C=O) groups excluding carboxylic acids is 2. The fourth-order valence-corrected chi connectivity index (χ4v) is 2.10. The van der Waals surface area contributed by atoms with Crippen LogP contribution in [0.1, 0.15) is 40.0 Å². The SMILES string of the molecule is CCC(C)(N)C(=O)N1CC(C(N)=O)CCC1C. The predicted molar refractivity (Wildman–Crippen MR) is 66.0 cm³/mol. The third kappa shape index (κ3) is 2.97. The van der Waals surface area contributed by atoms with Crippen LogP contribution in [0.4, 0.5) is 0 Å². The summed E-state index contributed by atoms with van der Waals surface area (Å²) in [5.41, 5.74) is 10.4.